The van der Waals surface area contributed by atoms with E-state index >= 15 is 0 Å². The summed E-state index contributed by atoms with van der Waals surface area (Å²) in [5, 5.41) is 0. The van der Waals surface area contributed by atoms with Crippen molar-refractivity contribution in [2.45, 2.75) is 20.8 Å². The highest BCUT2D eigenvalue weighted by molar-refractivity contribution is 5.69. The molecule has 0 aliphatic rings. The van der Waals surface area contributed by atoms with Gasteiger partial charge in [0.2, 0.25) is 0 Å². The van der Waals surface area contributed by atoms with Gasteiger partial charge in [-0.3, -0.25) is 0 Å². The molecule has 0 N–H and O–H groups in total. The van der Waals surface area contributed by atoms with Crippen molar-refractivity contribution < 1.29 is 0 Å². The largest absolute Gasteiger partial charge is 0.315 e. The minimum Gasteiger partial charge on any atom is -0.315 e. The van der Waals surface area contributed by atoms with E-state index < -0.39 is 0 Å². The lowest BCUT2D eigenvalue weighted by Gasteiger charge is -2.26. The molecule has 20 heavy (non-hydrogen) atoms. The Bertz CT molecular complexity index is 623. The van der Waals surface area contributed by atoms with Crippen molar-refractivity contribution in [3.8, 4) is 0 Å². The maximum Gasteiger partial charge on any atom is 0.0461 e. The lowest BCUT2D eigenvalue weighted by molar-refractivity contribution is 1.15. The van der Waals surface area contributed by atoms with E-state index in [-0.39, 0.29) is 0 Å². The van der Waals surface area contributed by atoms with Crippen molar-refractivity contribution in [3.05, 3.63) is 84.1 Å². The fourth-order valence-corrected chi connectivity index (χ4v) is 2.24. The van der Waals surface area contributed by atoms with E-state index in [1.807, 2.05) is 18.2 Å². The standard InChI is InChI=1S/C19H21N/c1-5-9-17(4)20(18-10-7-6-8-11-18)19-13-12-15(2)16(3)14-19/h5-14H,1H2,2-4H3/b17-9+. The molecule has 2 rings (SSSR count). The van der Waals surface area contributed by atoms with Gasteiger partial charge in [0.15, 0.2) is 0 Å². The molecule has 0 bridgehead atoms. The Labute approximate surface area is 121 Å². The van der Waals surface area contributed by atoms with E-state index in [2.05, 4.69) is 74.7 Å². The number of anilines is 2. The number of para-hydroxylation sites is 1. The van der Waals surface area contributed by atoms with E-state index in [0.717, 1.165) is 11.4 Å². The number of hydrogen-bond donors (Lipinski definition) is 0. The van der Waals surface area contributed by atoms with Crippen molar-refractivity contribution in [1.82, 2.24) is 0 Å². The molecule has 1 nitrogen and oxygen atoms in total. The summed E-state index contributed by atoms with van der Waals surface area (Å²) in [4.78, 5) is 2.24. The monoisotopic (exact) mass is 263 g/mol. The first-order chi connectivity index (χ1) is 9.63. The van der Waals surface area contributed by atoms with Crippen molar-refractivity contribution in [1.29, 1.82) is 0 Å². The number of aryl methyl sites for hydroxylation is 2. The van der Waals surface area contributed by atoms with Crippen LogP contribution in [-0.4, -0.2) is 0 Å². The highest BCUT2D eigenvalue weighted by Gasteiger charge is 2.11. The van der Waals surface area contributed by atoms with Crippen LogP contribution in [-0.2, 0) is 0 Å². The molecule has 0 heterocycles. The topological polar surface area (TPSA) is 3.24 Å². The third kappa shape index (κ3) is 3.00. The number of benzene rings is 2. The summed E-state index contributed by atoms with van der Waals surface area (Å²) in [6.45, 7) is 10.2. The second-order valence-electron chi connectivity index (χ2n) is 4.98. The van der Waals surface area contributed by atoms with Gasteiger partial charge in [-0.1, -0.05) is 36.9 Å². The van der Waals surface area contributed by atoms with Gasteiger partial charge in [-0.15, -0.1) is 0 Å². The van der Waals surface area contributed by atoms with E-state index in [1.165, 1.54) is 16.8 Å². The molecule has 1 heteroatoms. The molecule has 0 radical (unpaired) electrons. The van der Waals surface area contributed by atoms with Gasteiger partial charge in [0.05, 0.1) is 0 Å². The van der Waals surface area contributed by atoms with Gasteiger partial charge in [-0.25, -0.2) is 0 Å². The van der Waals surface area contributed by atoms with E-state index in [9.17, 15) is 0 Å². The Morgan fingerprint density at radius 3 is 2.25 bits per heavy atom. The van der Waals surface area contributed by atoms with Crippen LogP contribution in [0.2, 0.25) is 0 Å². The SMILES string of the molecule is C=C/C=C(\C)N(c1ccccc1)c1ccc(C)c(C)c1. The van der Waals surface area contributed by atoms with Crippen molar-refractivity contribution in [2.75, 3.05) is 4.90 Å². The first kappa shape index (κ1) is 14.1. The van der Waals surface area contributed by atoms with Crippen molar-refractivity contribution in [2.24, 2.45) is 0 Å². The van der Waals surface area contributed by atoms with Crippen LogP contribution in [0, 0.1) is 13.8 Å². The number of hydrogen-bond acceptors (Lipinski definition) is 1. The van der Waals surface area contributed by atoms with Crippen molar-refractivity contribution >= 4 is 11.4 Å². The van der Waals surface area contributed by atoms with Gasteiger partial charge in [0, 0.05) is 17.1 Å². The molecule has 0 atom stereocenters. The Balaban J connectivity index is 2.54. The summed E-state index contributed by atoms with van der Waals surface area (Å²) in [6.07, 6.45) is 3.86. The summed E-state index contributed by atoms with van der Waals surface area (Å²) in [6, 6.07) is 17.0. The number of rotatable bonds is 4. The molecule has 2 aromatic carbocycles. The van der Waals surface area contributed by atoms with Crippen LogP contribution in [0.3, 0.4) is 0 Å². The third-order valence-corrected chi connectivity index (χ3v) is 3.47. The highest BCUT2D eigenvalue weighted by atomic mass is 15.1. The zero-order valence-electron chi connectivity index (χ0n) is 12.4. The number of allylic oxidation sites excluding steroid dienone is 3. The molecule has 0 saturated heterocycles. The lowest BCUT2D eigenvalue weighted by Crippen LogP contribution is -2.14. The molecule has 0 aliphatic carbocycles. The summed E-state index contributed by atoms with van der Waals surface area (Å²) >= 11 is 0. The summed E-state index contributed by atoms with van der Waals surface area (Å²) < 4.78 is 0. The van der Waals surface area contributed by atoms with Crippen LogP contribution in [0.15, 0.2) is 73.0 Å². The minimum atomic E-state index is 1.15. The van der Waals surface area contributed by atoms with E-state index in [0.29, 0.717) is 0 Å². The van der Waals surface area contributed by atoms with Gasteiger partial charge < -0.3 is 4.90 Å². The highest BCUT2D eigenvalue weighted by Crippen LogP contribution is 2.30. The fourth-order valence-electron chi connectivity index (χ4n) is 2.24. The van der Waals surface area contributed by atoms with Crippen LogP contribution in [0.5, 0.6) is 0 Å². The van der Waals surface area contributed by atoms with Crippen LogP contribution in [0.4, 0.5) is 11.4 Å². The molecule has 0 saturated carbocycles. The van der Waals surface area contributed by atoms with Crippen LogP contribution >= 0.6 is 0 Å². The second-order valence-corrected chi connectivity index (χ2v) is 4.98. The molecule has 102 valence electrons. The summed E-state index contributed by atoms with van der Waals surface area (Å²) in [5.74, 6) is 0. The van der Waals surface area contributed by atoms with Gasteiger partial charge in [-0.05, 0) is 62.2 Å². The maximum absolute atomic E-state index is 3.80. The van der Waals surface area contributed by atoms with Gasteiger partial charge >= 0.3 is 0 Å². The Morgan fingerprint density at radius 1 is 0.950 bits per heavy atom. The van der Waals surface area contributed by atoms with Crippen LogP contribution in [0.1, 0.15) is 18.1 Å². The predicted octanol–water partition coefficient (Wildman–Crippen LogP) is 5.53. The first-order valence-electron chi connectivity index (χ1n) is 6.85. The smallest absolute Gasteiger partial charge is 0.0461 e. The number of nitrogens with zero attached hydrogens (tertiary/aromatic N) is 1. The lowest BCUT2D eigenvalue weighted by atomic mass is 10.1. The molecule has 0 aliphatic heterocycles. The molecule has 0 amide bonds. The van der Waals surface area contributed by atoms with E-state index in [4.69, 9.17) is 0 Å². The predicted molar refractivity (Wildman–Crippen MR) is 88.5 cm³/mol. The average molecular weight is 263 g/mol. The quantitative estimate of drug-likeness (QED) is 0.655. The van der Waals surface area contributed by atoms with E-state index in [1.54, 1.807) is 0 Å². The van der Waals surface area contributed by atoms with Crippen LogP contribution < -0.4 is 4.90 Å². The Hall–Kier alpha value is -2.28. The van der Waals surface area contributed by atoms with Gasteiger partial charge in [-0.2, -0.15) is 0 Å². The Kier molecular flexibility index (Phi) is 4.41. The zero-order valence-corrected chi connectivity index (χ0v) is 12.4. The van der Waals surface area contributed by atoms with Gasteiger partial charge in [0.1, 0.15) is 0 Å². The summed E-state index contributed by atoms with van der Waals surface area (Å²) in [7, 11) is 0. The normalized spacial score (nSPS) is 11.2. The molecular weight excluding hydrogens is 242 g/mol. The molecule has 0 spiro atoms. The Morgan fingerprint density at radius 2 is 1.65 bits per heavy atom. The van der Waals surface area contributed by atoms with Gasteiger partial charge in [0.25, 0.3) is 0 Å². The molecular formula is C19H21N. The molecule has 0 fully saturated rings. The first-order valence-corrected chi connectivity index (χ1v) is 6.85. The second kappa shape index (κ2) is 6.25. The third-order valence-electron chi connectivity index (χ3n) is 3.47. The maximum atomic E-state index is 3.80. The van der Waals surface area contributed by atoms with Crippen molar-refractivity contribution in [3.63, 3.8) is 0 Å². The van der Waals surface area contributed by atoms with Crippen LogP contribution in [0.25, 0.3) is 0 Å². The summed E-state index contributed by atoms with van der Waals surface area (Å²) in [5.41, 5.74) is 6.10. The zero-order chi connectivity index (χ0) is 14.5. The molecule has 0 aromatic heterocycles. The minimum absolute atomic E-state index is 1.15. The fraction of sp³-hybridized carbons (Fsp3) is 0.158. The molecule has 2 aromatic rings. The average Bonchev–Trinajstić information content (AvgIpc) is 2.44. The molecule has 0 unspecified atom stereocenters.